The summed E-state index contributed by atoms with van der Waals surface area (Å²) in [6, 6.07) is 1.29. The second-order valence-electron chi connectivity index (χ2n) is 3.86. The fraction of sp³-hybridized carbons (Fsp3) is 0.250. The Kier molecular flexibility index (Phi) is 4.01. The Morgan fingerprint density at radius 3 is 2.95 bits per heavy atom. The van der Waals surface area contributed by atoms with Crippen LogP contribution in [0.5, 0.6) is 11.6 Å². The van der Waals surface area contributed by atoms with Crippen LogP contribution in [0.4, 0.5) is 0 Å². The van der Waals surface area contributed by atoms with Crippen molar-refractivity contribution in [1.82, 2.24) is 14.8 Å². The molecule has 0 atom stereocenters. The van der Waals surface area contributed by atoms with Crippen LogP contribution in [0, 0.1) is 0 Å². The zero-order valence-electron chi connectivity index (χ0n) is 10.2. The second-order valence-corrected chi connectivity index (χ2v) is 4.26. The van der Waals surface area contributed by atoms with Crippen molar-refractivity contribution in [2.24, 2.45) is 0 Å². The van der Waals surface area contributed by atoms with Gasteiger partial charge in [-0.2, -0.15) is 5.10 Å². The lowest BCUT2D eigenvalue weighted by Gasteiger charge is -2.04. The Morgan fingerprint density at radius 1 is 1.53 bits per heavy atom. The summed E-state index contributed by atoms with van der Waals surface area (Å²) in [4.78, 5) is 14.6. The summed E-state index contributed by atoms with van der Waals surface area (Å²) < 4.78 is 7.20. The van der Waals surface area contributed by atoms with Gasteiger partial charge in [0.15, 0.2) is 5.75 Å². The molecule has 0 amide bonds. The van der Waals surface area contributed by atoms with E-state index in [0.717, 1.165) is 13.0 Å². The van der Waals surface area contributed by atoms with Gasteiger partial charge in [-0.3, -0.25) is 4.68 Å². The molecule has 6 nitrogen and oxygen atoms in total. The molecular weight excluding hydrogens is 270 g/mol. The van der Waals surface area contributed by atoms with Crippen molar-refractivity contribution in [2.75, 3.05) is 0 Å². The maximum Gasteiger partial charge on any atom is 0.337 e. The van der Waals surface area contributed by atoms with Crippen molar-refractivity contribution in [3.05, 3.63) is 35.2 Å². The first-order valence-corrected chi connectivity index (χ1v) is 6.07. The van der Waals surface area contributed by atoms with Crippen molar-refractivity contribution in [1.29, 1.82) is 0 Å². The minimum Gasteiger partial charge on any atom is -0.478 e. The Balaban J connectivity index is 2.16. The van der Waals surface area contributed by atoms with Crippen molar-refractivity contribution >= 4 is 17.6 Å². The van der Waals surface area contributed by atoms with Gasteiger partial charge in [0.2, 0.25) is 5.88 Å². The van der Waals surface area contributed by atoms with Gasteiger partial charge < -0.3 is 9.84 Å². The predicted molar refractivity (Wildman–Crippen MR) is 68.8 cm³/mol. The molecule has 0 fully saturated rings. The maximum absolute atomic E-state index is 10.7. The third-order valence-corrected chi connectivity index (χ3v) is 2.60. The van der Waals surface area contributed by atoms with Crippen LogP contribution in [0.2, 0.25) is 5.02 Å². The van der Waals surface area contributed by atoms with Crippen LogP contribution >= 0.6 is 11.6 Å². The zero-order chi connectivity index (χ0) is 13.8. The summed E-state index contributed by atoms with van der Waals surface area (Å²) in [6.45, 7) is 2.84. The molecular formula is C12H12ClN3O3. The van der Waals surface area contributed by atoms with E-state index in [0.29, 0.717) is 5.75 Å². The van der Waals surface area contributed by atoms with Crippen LogP contribution in [0.3, 0.4) is 0 Å². The molecule has 0 saturated heterocycles. The molecule has 100 valence electrons. The number of ether oxygens (including phenoxy) is 1. The molecule has 0 aromatic carbocycles. The normalized spacial score (nSPS) is 10.4. The summed E-state index contributed by atoms with van der Waals surface area (Å²) in [7, 11) is 0. The van der Waals surface area contributed by atoms with E-state index in [-0.39, 0.29) is 16.5 Å². The minimum absolute atomic E-state index is 0.0130. The number of aryl methyl sites for hydroxylation is 1. The maximum atomic E-state index is 10.7. The van der Waals surface area contributed by atoms with E-state index >= 15 is 0 Å². The summed E-state index contributed by atoms with van der Waals surface area (Å²) in [5, 5.41) is 13.0. The number of nitrogens with zero attached hydrogens (tertiary/aromatic N) is 3. The molecule has 7 heteroatoms. The van der Waals surface area contributed by atoms with Crippen molar-refractivity contribution in [3.63, 3.8) is 0 Å². The summed E-state index contributed by atoms with van der Waals surface area (Å²) in [5.74, 6) is -0.426. The quantitative estimate of drug-likeness (QED) is 0.912. The van der Waals surface area contributed by atoms with Gasteiger partial charge >= 0.3 is 5.97 Å². The van der Waals surface area contributed by atoms with Gasteiger partial charge in [-0.25, -0.2) is 9.78 Å². The van der Waals surface area contributed by atoms with Gasteiger partial charge in [0, 0.05) is 12.7 Å². The lowest BCUT2D eigenvalue weighted by atomic mass is 10.3. The number of halogens is 1. The number of rotatable bonds is 5. The van der Waals surface area contributed by atoms with Crippen LogP contribution in [0.1, 0.15) is 23.7 Å². The first-order chi connectivity index (χ1) is 9.10. The van der Waals surface area contributed by atoms with Gasteiger partial charge in [0.05, 0.1) is 18.0 Å². The van der Waals surface area contributed by atoms with Crippen molar-refractivity contribution < 1.29 is 14.6 Å². The number of aromatic carboxylic acids is 1. The molecule has 2 aromatic rings. The van der Waals surface area contributed by atoms with Gasteiger partial charge in [-0.05, 0) is 12.5 Å². The van der Waals surface area contributed by atoms with Crippen LogP contribution in [-0.4, -0.2) is 25.8 Å². The summed E-state index contributed by atoms with van der Waals surface area (Å²) in [5.41, 5.74) is 0.0130. The van der Waals surface area contributed by atoms with E-state index in [2.05, 4.69) is 10.1 Å². The molecule has 1 N–H and O–H groups in total. The van der Waals surface area contributed by atoms with Crippen LogP contribution in [0.15, 0.2) is 24.7 Å². The molecule has 0 unspecified atom stereocenters. The van der Waals surface area contributed by atoms with E-state index in [9.17, 15) is 4.79 Å². The Morgan fingerprint density at radius 2 is 2.32 bits per heavy atom. The van der Waals surface area contributed by atoms with Gasteiger partial charge in [-0.1, -0.05) is 18.5 Å². The van der Waals surface area contributed by atoms with E-state index < -0.39 is 5.97 Å². The highest BCUT2D eigenvalue weighted by atomic mass is 35.5. The van der Waals surface area contributed by atoms with Gasteiger partial charge in [0.1, 0.15) is 5.02 Å². The number of pyridine rings is 1. The summed E-state index contributed by atoms with van der Waals surface area (Å²) in [6.07, 6.45) is 5.44. The lowest BCUT2D eigenvalue weighted by Crippen LogP contribution is -1.98. The SMILES string of the molecule is CCCn1cc(Oc2ncc(C(=O)O)cc2Cl)cn1. The molecule has 19 heavy (non-hydrogen) atoms. The van der Waals surface area contributed by atoms with Gasteiger partial charge in [0.25, 0.3) is 0 Å². The largest absolute Gasteiger partial charge is 0.478 e. The number of carboxylic acid groups (broad SMARTS) is 1. The van der Waals surface area contributed by atoms with E-state index in [4.69, 9.17) is 21.4 Å². The third kappa shape index (κ3) is 3.23. The van der Waals surface area contributed by atoms with E-state index in [1.807, 2.05) is 6.92 Å². The Bertz CT molecular complexity index is 598. The molecule has 0 aliphatic heterocycles. The van der Waals surface area contributed by atoms with E-state index in [1.54, 1.807) is 17.1 Å². The Labute approximate surface area is 114 Å². The van der Waals surface area contributed by atoms with Crippen molar-refractivity contribution in [3.8, 4) is 11.6 Å². The van der Waals surface area contributed by atoms with E-state index in [1.165, 1.54) is 12.3 Å². The topological polar surface area (TPSA) is 77.2 Å². The highest BCUT2D eigenvalue weighted by Gasteiger charge is 2.11. The zero-order valence-corrected chi connectivity index (χ0v) is 11.0. The monoisotopic (exact) mass is 281 g/mol. The lowest BCUT2D eigenvalue weighted by molar-refractivity contribution is 0.0696. The minimum atomic E-state index is -1.09. The third-order valence-electron chi connectivity index (χ3n) is 2.33. The molecule has 2 rings (SSSR count). The molecule has 0 aliphatic rings. The molecule has 2 heterocycles. The number of hydrogen-bond acceptors (Lipinski definition) is 4. The number of carbonyl (C=O) groups is 1. The standard InChI is InChI=1S/C12H12ClN3O3/c1-2-3-16-7-9(6-15-16)19-11-10(13)4-8(5-14-11)12(17)18/h4-7H,2-3H2,1H3,(H,17,18). The number of carboxylic acids is 1. The molecule has 2 aromatic heterocycles. The van der Waals surface area contributed by atoms with Crippen LogP contribution < -0.4 is 4.74 Å². The van der Waals surface area contributed by atoms with Crippen LogP contribution in [-0.2, 0) is 6.54 Å². The Hall–Kier alpha value is -2.08. The first kappa shape index (κ1) is 13.4. The molecule has 0 radical (unpaired) electrons. The fourth-order valence-electron chi connectivity index (χ4n) is 1.48. The average Bonchev–Trinajstić information content (AvgIpc) is 2.79. The molecule has 0 aliphatic carbocycles. The first-order valence-electron chi connectivity index (χ1n) is 5.69. The second kappa shape index (κ2) is 5.71. The molecule has 0 spiro atoms. The fourth-order valence-corrected chi connectivity index (χ4v) is 1.68. The highest BCUT2D eigenvalue weighted by Crippen LogP contribution is 2.27. The number of aromatic nitrogens is 3. The smallest absolute Gasteiger partial charge is 0.337 e. The molecule has 0 saturated carbocycles. The van der Waals surface area contributed by atoms with Crippen LogP contribution in [0.25, 0.3) is 0 Å². The molecule has 0 bridgehead atoms. The number of hydrogen-bond donors (Lipinski definition) is 1. The highest BCUT2D eigenvalue weighted by molar-refractivity contribution is 6.32. The summed E-state index contributed by atoms with van der Waals surface area (Å²) >= 11 is 5.91. The average molecular weight is 282 g/mol. The predicted octanol–water partition coefficient (Wildman–Crippen LogP) is 2.83. The van der Waals surface area contributed by atoms with Crippen molar-refractivity contribution in [2.45, 2.75) is 19.9 Å². The van der Waals surface area contributed by atoms with Gasteiger partial charge in [-0.15, -0.1) is 0 Å².